The number of hydrogen-bond donors (Lipinski definition) is 1. The van der Waals surface area contributed by atoms with Crippen molar-refractivity contribution < 1.29 is 19.0 Å². The van der Waals surface area contributed by atoms with Gasteiger partial charge >= 0.3 is 0 Å². The average Bonchev–Trinajstić information content (AvgIpc) is 2.86. The van der Waals surface area contributed by atoms with Crippen molar-refractivity contribution in [2.24, 2.45) is 0 Å². The number of fused-ring (bicyclic) bond motifs is 1. The van der Waals surface area contributed by atoms with Crippen LogP contribution in [0.4, 0.5) is 0 Å². The van der Waals surface area contributed by atoms with Gasteiger partial charge in [-0.15, -0.1) is 0 Å². The molecule has 1 N–H and O–H groups in total. The molecule has 0 atom stereocenters. The first-order chi connectivity index (χ1) is 12.2. The number of rotatable bonds is 5. The second-order valence-electron chi connectivity index (χ2n) is 5.77. The molecule has 0 aromatic heterocycles. The first-order valence-corrected chi connectivity index (χ1v) is 8.49. The Kier molecular flexibility index (Phi) is 5.79. The van der Waals surface area contributed by atoms with Crippen LogP contribution in [0.3, 0.4) is 0 Å². The molecule has 25 heavy (non-hydrogen) atoms. The molecule has 1 aliphatic heterocycles. The molecule has 0 saturated carbocycles. The maximum atomic E-state index is 12.4. The van der Waals surface area contributed by atoms with Crippen LogP contribution < -0.4 is 14.8 Å². The minimum Gasteiger partial charge on any atom is -0.489 e. The minimum absolute atomic E-state index is 0.152. The Hall–Kier alpha value is -2.24. The van der Waals surface area contributed by atoms with E-state index in [9.17, 15) is 4.79 Å². The SMILES string of the molecule is COCc1cccc(C(=O)NCc2cc(Cl)c3c(c2)OCCCO3)c1. The fourth-order valence-electron chi connectivity index (χ4n) is 2.64. The van der Waals surface area contributed by atoms with Crippen molar-refractivity contribution in [1.82, 2.24) is 5.32 Å². The quantitative estimate of drug-likeness (QED) is 0.884. The summed E-state index contributed by atoms with van der Waals surface area (Å²) in [4.78, 5) is 12.4. The number of amides is 1. The van der Waals surface area contributed by atoms with Gasteiger partial charge in [0, 0.05) is 25.6 Å². The molecule has 1 aliphatic rings. The summed E-state index contributed by atoms with van der Waals surface area (Å²) in [6.45, 7) is 1.99. The maximum absolute atomic E-state index is 12.4. The van der Waals surface area contributed by atoms with Crippen LogP contribution >= 0.6 is 11.6 Å². The van der Waals surface area contributed by atoms with E-state index in [0.29, 0.717) is 48.5 Å². The van der Waals surface area contributed by atoms with Gasteiger partial charge in [0.05, 0.1) is 24.8 Å². The van der Waals surface area contributed by atoms with E-state index in [1.165, 1.54) is 0 Å². The molecule has 2 aromatic carbocycles. The van der Waals surface area contributed by atoms with Crippen molar-refractivity contribution in [3.05, 3.63) is 58.1 Å². The maximum Gasteiger partial charge on any atom is 0.251 e. The molecule has 2 aromatic rings. The highest BCUT2D eigenvalue weighted by Gasteiger charge is 2.16. The first kappa shape index (κ1) is 17.6. The van der Waals surface area contributed by atoms with Crippen LogP contribution in [0, 0.1) is 0 Å². The Morgan fingerprint density at radius 3 is 2.88 bits per heavy atom. The van der Waals surface area contributed by atoms with E-state index in [4.69, 9.17) is 25.8 Å². The third-order valence-corrected chi connectivity index (χ3v) is 4.10. The Morgan fingerprint density at radius 2 is 2.04 bits per heavy atom. The molecule has 6 heteroatoms. The summed E-state index contributed by atoms with van der Waals surface area (Å²) in [5, 5.41) is 3.39. The van der Waals surface area contributed by atoms with E-state index in [1.807, 2.05) is 24.3 Å². The first-order valence-electron chi connectivity index (χ1n) is 8.11. The van der Waals surface area contributed by atoms with Gasteiger partial charge in [0.2, 0.25) is 0 Å². The predicted octanol–water partition coefficient (Wildman–Crippen LogP) is 3.58. The van der Waals surface area contributed by atoms with Crippen LogP contribution in [0.25, 0.3) is 0 Å². The lowest BCUT2D eigenvalue weighted by Gasteiger charge is -2.12. The number of benzene rings is 2. The summed E-state index contributed by atoms with van der Waals surface area (Å²) >= 11 is 6.28. The lowest BCUT2D eigenvalue weighted by molar-refractivity contribution is 0.0950. The van der Waals surface area contributed by atoms with E-state index in [2.05, 4.69) is 5.32 Å². The summed E-state index contributed by atoms with van der Waals surface area (Å²) < 4.78 is 16.4. The molecular formula is C19H20ClNO4. The van der Waals surface area contributed by atoms with Crippen molar-refractivity contribution in [2.75, 3.05) is 20.3 Å². The minimum atomic E-state index is -0.152. The molecule has 0 bridgehead atoms. The van der Waals surface area contributed by atoms with Gasteiger partial charge in [0.15, 0.2) is 11.5 Å². The Balaban J connectivity index is 1.69. The lowest BCUT2D eigenvalue weighted by Crippen LogP contribution is -2.23. The number of hydrogen-bond acceptors (Lipinski definition) is 4. The van der Waals surface area contributed by atoms with Gasteiger partial charge in [-0.2, -0.15) is 0 Å². The third kappa shape index (κ3) is 4.44. The van der Waals surface area contributed by atoms with E-state index in [-0.39, 0.29) is 5.91 Å². The standard InChI is InChI=1S/C19H20ClNO4/c1-23-12-13-4-2-5-15(8-13)19(22)21-11-14-9-16(20)18-17(10-14)24-6-3-7-25-18/h2,4-5,8-10H,3,6-7,11-12H2,1H3,(H,21,22). The smallest absolute Gasteiger partial charge is 0.251 e. The Bertz CT molecular complexity index is 763. The lowest BCUT2D eigenvalue weighted by atomic mass is 10.1. The normalized spacial score (nSPS) is 13.2. The van der Waals surface area contributed by atoms with Crippen molar-refractivity contribution >= 4 is 17.5 Å². The summed E-state index contributed by atoms with van der Waals surface area (Å²) in [5.74, 6) is 1.04. The Morgan fingerprint density at radius 1 is 1.20 bits per heavy atom. The van der Waals surface area contributed by atoms with E-state index in [0.717, 1.165) is 17.5 Å². The average molecular weight is 362 g/mol. The van der Waals surface area contributed by atoms with Crippen LogP contribution in [0.15, 0.2) is 36.4 Å². The molecule has 0 radical (unpaired) electrons. The molecule has 0 aliphatic carbocycles. The predicted molar refractivity (Wildman–Crippen MR) is 95.4 cm³/mol. The number of nitrogens with one attached hydrogen (secondary N) is 1. The topological polar surface area (TPSA) is 56.8 Å². The van der Waals surface area contributed by atoms with Crippen LogP contribution in [0.1, 0.15) is 27.9 Å². The van der Waals surface area contributed by atoms with Crippen molar-refractivity contribution in [1.29, 1.82) is 0 Å². The molecule has 0 unspecified atom stereocenters. The van der Waals surface area contributed by atoms with E-state index < -0.39 is 0 Å². The molecule has 0 spiro atoms. The summed E-state index contributed by atoms with van der Waals surface area (Å²) in [6.07, 6.45) is 0.814. The Labute approximate surface area is 151 Å². The monoisotopic (exact) mass is 361 g/mol. The second-order valence-corrected chi connectivity index (χ2v) is 6.18. The molecule has 0 fully saturated rings. The number of ether oxygens (including phenoxy) is 3. The van der Waals surface area contributed by atoms with Gasteiger partial charge in [-0.25, -0.2) is 0 Å². The van der Waals surface area contributed by atoms with Gasteiger partial charge in [-0.05, 0) is 35.4 Å². The van der Waals surface area contributed by atoms with Crippen LogP contribution in [-0.4, -0.2) is 26.2 Å². The molecule has 1 amide bonds. The molecule has 0 saturated heterocycles. The van der Waals surface area contributed by atoms with Gasteiger partial charge in [0.1, 0.15) is 0 Å². The number of methoxy groups -OCH3 is 1. The number of carbonyl (C=O) groups excluding carboxylic acids is 1. The highest BCUT2D eigenvalue weighted by molar-refractivity contribution is 6.32. The highest BCUT2D eigenvalue weighted by Crippen LogP contribution is 2.37. The molecular weight excluding hydrogens is 342 g/mol. The van der Waals surface area contributed by atoms with Crippen molar-refractivity contribution in [3.8, 4) is 11.5 Å². The van der Waals surface area contributed by atoms with E-state index in [1.54, 1.807) is 19.2 Å². The highest BCUT2D eigenvalue weighted by atomic mass is 35.5. The molecule has 1 heterocycles. The number of halogens is 1. The zero-order valence-corrected chi connectivity index (χ0v) is 14.8. The van der Waals surface area contributed by atoms with Crippen LogP contribution in [0.5, 0.6) is 11.5 Å². The molecule has 3 rings (SSSR count). The largest absolute Gasteiger partial charge is 0.489 e. The van der Waals surface area contributed by atoms with Gasteiger partial charge in [0.25, 0.3) is 5.91 Å². The third-order valence-electron chi connectivity index (χ3n) is 3.82. The van der Waals surface area contributed by atoms with E-state index >= 15 is 0 Å². The van der Waals surface area contributed by atoms with Crippen molar-refractivity contribution in [3.63, 3.8) is 0 Å². The fraction of sp³-hybridized carbons (Fsp3) is 0.316. The van der Waals surface area contributed by atoms with Gasteiger partial charge in [-0.3, -0.25) is 4.79 Å². The zero-order chi connectivity index (χ0) is 17.6. The van der Waals surface area contributed by atoms with Crippen molar-refractivity contribution in [2.45, 2.75) is 19.6 Å². The molecule has 5 nitrogen and oxygen atoms in total. The summed E-state index contributed by atoms with van der Waals surface area (Å²) in [5.41, 5.74) is 2.40. The summed E-state index contributed by atoms with van der Waals surface area (Å²) in [6, 6.07) is 11.0. The number of carbonyl (C=O) groups is 1. The second kappa shape index (κ2) is 8.23. The fourth-order valence-corrected chi connectivity index (χ4v) is 2.93. The van der Waals surface area contributed by atoms with Crippen LogP contribution in [-0.2, 0) is 17.9 Å². The summed E-state index contributed by atoms with van der Waals surface area (Å²) in [7, 11) is 1.63. The van der Waals surface area contributed by atoms with Crippen LogP contribution in [0.2, 0.25) is 5.02 Å². The van der Waals surface area contributed by atoms with Gasteiger partial charge < -0.3 is 19.5 Å². The van der Waals surface area contributed by atoms with Gasteiger partial charge in [-0.1, -0.05) is 23.7 Å². The zero-order valence-electron chi connectivity index (χ0n) is 14.0. The molecule has 132 valence electrons.